The molecule has 142 valence electrons. The van der Waals surface area contributed by atoms with Crippen molar-refractivity contribution >= 4 is 28.8 Å². The number of ether oxygens (including phenoxy) is 1. The standard InChI is InChI=1S/C17H22N8O2/c1-23-11-14(8-19-23)21-16-18-6-13-7-20-25(15(13)22-16)10-12-4-3-5-24(9-12)17(26)27-2/h6-8,11-12H,3-5,9-10H2,1-2H3,(H,18,21,22). The molecule has 1 amide bonds. The number of amides is 1. The first-order valence-electron chi connectivity index (χ1n) is 8.89. The van der Waals surface area contributed by atoms with E-state index in [-0.39, 0.29) is 6.09 Å². The maximum absolute atomic E-state index is 11.8. The van der Waals surface area contributed by atoms with Gasteiger partial charge in [-0.3, -0.25) is 4.68 Å². The molecule has 10 heteroatoms. The first kappa shape index (κ1) is 17.3. The van der Waals surface area contributed by atoms with Crippen LogP contribution in [0.1, 0.15) is 12.8 Å². The molecule has 0 bridgehead atoms. The number of nitrogens with one attached hydrogen (secondary N) is 1. The van der Waals surface area contributed by atoms with Crippen LogP contribution in [0.15, 0.2) is 24.8 Å². The summed E-state index contributed by atoms with van der Waals surface area (Å²) in [6.45, 7) is 2.10. The Balaban J connectivity index is 1.51. The number of piperidine rings is 1. The molecule has 0 saturated carbocycles. The summed E-state index contributed by atoms with van der Waals surface area (Å²) in [5.41, 5.74) is 1.59. The molecule has 0 aromatic carbocycles. The Bertz CT molecular complexity index is 949. The monoisotopic (exact) mass is 370 g/mol. The second-order valence-electron chi connectivity index (χ2n) is 6.75. The fourth-order valence-electron chi connectivity index (χ4n) is 3.43. The fraction of sp³-hybridized carbons (Fsp3) is 0.471. The number of methoxy groups -OCH3 is 1. The molecular formula is C17H22N8O2. The lowest BCUT2D eigenvalue weighted by Gasteiger charge is -2.31. The minimum atomic E-state index is -0.268. The van der Waals surface area contributed by atoms with Gasteiger partial charge in [0.1, 0.15) is 0 Å². The summed E-state index contributed by atoms with van der Waals surface area (Å²) in [7, 11) is 3.27. The van der Waals surface area contributed by atoms with Crippen molar-refractivity contribution in [1.29, 1.82) is 0 Å². The van der Waals surface area contributed by atoms with Crippen LogP contribution in [0, 0.1) is 5.92 Å². The van der Waals surface area contributed by atoms with Crippen LogP contribution in [-0.4, -0.2) is 60.7 Å². The molecule has 1 fully saturated rings. The molecular weight excluding hydrogens is 348 g/mol. The van der Waals surface area contributed by atoms with Crippen LogP contribution in [0.4, 0.5) is 16.4 Å². The van der Waals surface area contributed by atoms with Gasteiger partial charge in [-0.15, -0.1) is 0 Å². The van der Waals surface area contributed by atoms with E-state index in [1.54, 1.807) is 28.2 Å². The number of anilines is 2. The highest BCUT2D eigenvalue weighted by atomic mass is 16.5. The Morgan fingerprint density at radius 1 is 1.33 bits per heavy atom. The third kappa shape index (κ3) is 3.69. The number of fused-ring (bicyclic) bond motifs is 1. The van der Waals surface area contributed by atoms with Crippen molar-refractivity contribution in [3.8, 4) is 0 Å². The van der Waals surface area contributed by atoms with Gasteiger partial charge < -0.3 is 15.0 Å². The van der Waals surface area contributed by atoms with Crippen LogP contribution in [0.25, 0.3) is 11.0 Å². The van der Waals surface area contributed by atoms with Crippen molar-refractivity contribution in [2.75, 3.05) is 25.5 Å². The van der Waals surface area contributed by atoms with Gasteiger partial charge in [-0.05, 0) is 18.8 Å². The van der Waals surface area contributed by atoms with Gasteiger partial charge in [0.2, 0.25) is 5.95 Å². The molecule has 1 N–H and O–H groups in total. The summed E-state index contributed by atoms with van der Waals surface area (Å²) in [6, 6.07) is 0. The van der Waals surface area contributed by atoms with E-state index in [0.717, 1.165) is 36.1 Å². The van der Waals surface area contributed by atoms with Crippen molar-refractivity contribution in [3.05, 3.63) is 24.8 Å². The van der Waals surface area contributed by atoms with Crippen LogP contribution in [0.2, 0.25) is 0 Å². The first-order chi connectivity index (χ1) is 13.1. The SMILES string of the molecule is COC(=O)N1CCCC(Cn2ncc3cnc(Nc4cnn(C)c4)nc32)C1. The zero-order chi connectivity index (χ0) is 18.8. The van der Waals surface area contributed by atoms with E-state index in [1.807, 2.05) is 17.9 Å². The predicted octanol–water partition coefficient (Wildman–Crippen LogP) is 1.78. The molecule has 1 aliphatic heterocycles. The summed E-state index contributed by atoms with van der Waals surface area (Å²) < 4.78 is 8.44. The smallest absolute Gasteiger partial charge is 0.409 e. The topological polar surface area (TPSA) is 103 Å². The number of aromatic nitrogens is 6. The summed E-state index contributed by atoms with van der Waals surface area (Å²) in [5.74, 6) is 0.808. The number of carbonyl (C=O) groups is 1. The van der Waals surface area contributed by atoms with Crippen molar-refractivity contribution in [2.24, 2.45) is 13.0 Å². The largest absolute Gasteiger partial charge is 0.453 e. The lowest BCUT2D eigenvalue weighted by molar-refractivity contribution is 0.0985. The van der Waals surface area contributed by atoms with Gasteiger partial charge in [0, 0.05) is 39.1 Å². The van der Waals surface area contributed by atoms with E-state index in [1.165, 1.54) is 7.11 Å². The molecule has 3 aromatic heterocycles. The van der Waals surface area contributed by atoms with E-state index in [2.05, 4.69) is 25.5 Å². The molecule has 0 aliphatic carbocycles. The number of likely N-dealkylation sites (tertiary alicyclic amines) is 1. The number of rotatable bonds is 4. The highest BCUT2D eigenvalue weighted by molar-refractivity contribution is 5.75. The maximum Gasteiger partial charge on any atom is 0.409 e. The number of carbonyl (C=O) groups excluding carboxylic acids is 1. The number of aryl methyl sites for hydroxylation is 1. The zero-order valence-electron chi connectivity index (χ0n) is 15.4. The second kappa shape index (κ2) is 7.22. The Labute approximate surface area is 156 Å². The van der Waals surface area contributed by atoms with Crippen molar-refractivity contribution in [2.45, 2.75) is 19.4 Å². The molecule has 1 atom stereocenters. The first-order valence-corrected chi connectivity index (χ1v) is 8.89. The normalized spacial score (nSPS) is 17.3. The van der Waals surface area contributed by atoms with Crippen molar-refractivity contribution in [3.63, 3.8) is 0 Å². The van der Waals surface area contributed by atoms with Crippen LogP contribution in [0.5, 0.6) is 0 Å². The van der Waals surface area contributed by atoms with Crippen LogP contribution >= 0.6 is 0 Å². The number of nitrogens with zero attached hydrogens (tertiary/aromatic N) is 7. The van der Waals surface area contributed by atoms with E-state index >= 15 is 0 Å². The summed E-state index contributed by atoms with van der Waals surface area (Å²) in [4.78, 5) is 22.5. The molecule has 4 rings (SSSR count). The highest BCUT2D eigenvalue weighted by Gasteiger charge is 2.25. The number of hydrogen-bond acceptors (Lipinski definition) is 7. The average Bonchev–Trinajstić information content (AvgIpc) is 3.27. The molecule has 4 heterocycles. The van der Waals surface area contributed by atoms with Crippen molar-refractivity contribution in [1.82, 2.24) is 34.4 Å². The lowest BCUT2D eigenvalue weighted by atomic mass is 9.98. The van der Waals surface area contributed by atoms with E-state index < -0.39 is 0 Å². The molecule has 1 unspecified atom stereocenters. The minimum absolute atomic E-state index is 0.268. The second-order valence-corrected chi connectivity index (χ2v) is 6.75. The zero-order valence-corrected chi connectivity index (χ0v) is 15.4. The Morgan fingerprint density at radius 2 is 2.22 bits per heavy atom. The molecule has 3 aromatic rings. The molecule has 0 spiro atoms. The van der Waals surface area contributed by atoms with Gasteiger partial charge in [0.15, 0.2) is 5.65 Å². The van der Waals surface area contributed by atoms with Crippen LogP contribution in [-0.2, 0) is 18.3 Å². The van der Waals surface area contributed by atoms with Gasteiger partial charge in [0.25, 0.3) is 0 Å². The summed E-state index contributed by atoms with van der Waals surface area (Å²) >= 11 is 0. The van der Waals surface area contributed by atoms with Crippen LogP contribution < -0.4 is 5.32 Å². The molecule has 1 saturated heterocycles. The van der Waals surface area contributed by atoms with Gasteiger partial charge in [-0.2, -0.15) is 15.2 Å². The maximum atomic E-state index is 11.8. The Morgan fingerprint density at radius 3 is 3.00 bits per heavy atom. The molecule has 1 aliphatic rings. The van der Waals surface area contributed by atoms with Crippen LogP contribution in [0.3, 0.4) is 0 Å². The third-order valence-corrected chi connectivity index (χ3v) is 4.72. The van der Waals surface area contributed by atoms with Gasteiger partial charge in [0.05, 0.1) is 30.6 Å². The Kier molecular flexibility index (Phi) is 4.61. The summed E-state index contributed by atoms with van der Waals surface area (Å²) in [6.07, 6.45) is 8.83. The Hall–Kier alpha value is -3.17. The van der Waals surface area contributed by atoms with Gasteiger partial charge in [-0.25, -0.2) is 14.5 Å². The summed E-state index contributed by atoms with van der Waals surface area (Å²) in [5, 5.41) is 12.6. The highest BCUT2D eigenvalue weighted by Crippen LogP contribution is 2.21. The molecule has 0 radical (unpaired) electrons. The predicted molar refractivity (Wildman–Crippen MR) is 98.5 cm³/mol. The number of hydrogen-bond donors (Lipinski definition) is 1. The van der Waals surface area contributed by atoms with E-state index in [4.69, 9.17) is 4.74 Å². The van der Waals surface area contributed by atoms with E-state index in [0.29, 0.717) is 25.0 Å². The van der Waals surface area contributed by atoms with Crippen molar-refractivity contribution < 1.29 is 9.53 Å². The van der Waals surface area contributed by atoms with Gasteiger partial charge >= 0.3 is 6.09 Å². The van der Waals surface area contributed by atoms with E-state index in [9.17, 15) is 4.79 Å². The fourth-order valence-corrected chi connectivity index (χ4v) is 3.43. The molecule has 27 heavy (non-hydrogen) atoms. The van der Waals surface area contributed by atoms with Gasteiger partial charge in [-0.1, -0.05) is 0 Å². The minimum Gasteiger partial charge on any atom is -0.453 e. The third-order valence-electron chi connectivity index (χ3n) is 4.72. The lowest BCUT2D eigenvalue weighted by Crippen LogP contribution is -2.41. The average molecular weight is 370 g/mol. The quantitative estimate of drug-likeness (QED) is 0.747. The molecule has 10 nitrogen and oxygen atoms in total.